The molecular weight excluding hydrogens is 213 g/mol. The lowest BCUT2D eigenvalue weighted by Crippen LogP contribution is -2.39. The fourth-order valence-electron chi connectivity index (χ4n) is 1.04. The van der Waals surface area contributed by atoms with Gasteiger partial charge in [0, 0.05) is 12.8 Å². The van der Waals surface area contributed by atoms with Gasteiger partial charge in [-0.25, -0.2) is 0 Å². The highest BCUT2D eigenvalue weighted by Crippen LogP contribution is 2.23. The Hall–Kier alpha value is -1.20. The number of halogens is 3. The molecule has 0 radical (unpaired) electrons. The van der Waals surface area contributed by atoms with Gasteiger partial charge in [0.1, 0.15) is 5.92 Å². The van der Waals surface area contributed by atoms with Crippen LogP contribution in [-0.4, -0.2) is 23.5 Å². The average molecular weight is 224 g/mol. The fraction of sp³-hybridized carbons (Fsp3) is 0.667. The zero-order chi connectivity index (χ0) is 12.2. The summed E-state index contributed by atoms with van der Waals surface area (Å²) in [5, 5.41) is 0. The van der Waals surface area contributed by atoms with E-state index in [-0.39, 0.29) is 12.8 Å². The van der Waals surface area contributed by atoms with E-state index in [9.17, 15) is 27.6 Å². The molecule has 0 spiro atoms. The second-order valence-electron chi connectivity index (χ2n) is 2.93. The Balaban J connectivity index is 5.04. The van der Waals surface area contributed by atoms with Gasteiger partial charge in [-0.1, -0.05) is 13.8 Å². The molecule has 0 aliphatic heterocycles. The Morgan fingerprint density at radius 1 is 1.00 bits per heavy atom. The number of hydrogen-bond donors (Lipinski definition) is 0. The molecule has 0 aromatic heterocycles. The van der Waals surface area contributed by atoms with Crippen LogP contribution in [0.2, 0.25) is 0 Å². The number of ketones is 3. The van der Waals surface area contributed by atoms with Crippen molar-refractivity contribution in [2.24, 2.45) is 5.92 Å². The minimum atomic E-state index is -5.14. The van der Waals surface area contributed by atoms with Crippen molar-refractivity contribution < 1.29 is 27.6 Å². The summed E-state index contributed by atoms with van der Waals surface area (Å²) in [6.45, 7) is 2.61. The maximum Gasteiger partial charge on any atom is 0.451 e. The maximum atomic E-state index is 12.0. The largest absolute Gasteiger partial charge is 0.451 e. The molecule has 15 heavy (non-hydrogen) atoms. The van der Waals surface area contributed by atoms with Crippen molar-refractivity contribution in [2.45, 2.75) is 32.9 Å². The van der Waals surface area contributed by atoms with Crippen LogP contribution in [0.5, 0.6) is 0 Å². The van der Waals surface area contributed by atoms with Crippen molar-refractivity contribution in [3.63, 3.8) is 0 Å². The van der Waals surface area contributed by atoms with Crippen molar-refractivity contribution in [3.8, 4) is 0 Å². The van der Waals surface area contributed by atoms with Crippen molar-refractivity contribution in [1.29, 1.82) is 0 Å². The quantitative estimate of drug-likeness (QED) is 0.668. The topological polar surface area (TPSA) is 51.2 Å². The van der Waals surface area contributed by atoms with Gasteiger partial charge >= 0.3 is 6.18 Å². The SMILES string of the molecule is CCC(=O)C(C(=O)CC)C(=O)C(F)(F)F. The summed E-state index contributed by atoms with van der Waals surface area (Å²) >= 11 is 0. The van der Waals surface area contributed by atoms with Gasteiger partial charge in [0.15, 0.2) is 11.6 Å². The van der Waals surface area contributed by atoms with Gasteiger partial charge in [-0.05, 0) is 0 Å². The number of carbonyl (C=O) groups is 3. The average Bonchev–Trinajstić information content (AvgIpc) is 2.15. The van der Waals surface area contributed by atoms with E-state index < -0.39 is 29.4 Å². The third kappa shape index (κ3) is 3.45. The van der Waals surface area contributed by atoms with Crippen LogP contribution in [0.1, 0.15) is 26.7 Å². The van der Waals surface area contributed by atoms with Crippen molar-refractivity contribution >= 4 is 17.3 Å². The lowest BCUT2D eigenvalue weighted by Gasteiger charge is -2.13. The predicted molar refractivity (Wildman–Crippen MR) is 45.1 cm³/mol. The van der Waals surface area contributed by atoms with Gasteiger partial charge in [0.05, 0.1) is 0 Å². The van der Waals surface area contributed by atoms with Crippen LogP contribution in [0.25, 0.3) is 0 Å². The molecule has 0 rings (SSSR count). The van der Waals surface area contributed by atoms with E-state index in [1.165, 1.54) is 13.8 Å². The van der Waals surface area contributed by atoms with Crippen LogP contribution in [0.15, 0.2) is 0 Å². The van der Waals surface area contributed by atoms with Crippen LogP contribution in [0.4, 0.5) is 13.2 Å². The third-order valence-electron chi connectivity index (χ3n) is 1.88. The minimum Gasteiger partial charge on any atom is -0.298 e. The molecule has 0 saturated carbocycles. The molecule has 0 aliphatic carbocycles. The molecule has 0 bridgehead atoms. The zero-order valence-electron chi connectivity index (χ0n) is 8.35. The molecule has 0 atom stereocenters. The molecule has 0 aliphatic rings. The molecule has 86 valence electrons. The van der Waals surface area contributed by atoms with E-state index in [0.717, 1.165) is 0 Å². The van der Waals surface area contributed by atoms with Crippen molar-refractivity contribution in [2.75, 3.05) is 0 Å². The van der Waals surface area contributed by atoms with E-state index in [2.05, 4.69) is 0 Å². The number of alkyl halides is 3. The third-order valence-corrected chi connectivity index (χ3v) is 1.88. The van der Waals surface area contributed by atoms with Gasteiger partial charge in [-0.3, -0.25) is 14.4 Å². The Labute approximate surface area is 84.6 Å². The highest BCUT2D eigenvalue weighted by Gasteiger charge is 2.48. The standard InChI is InChI=1S/C9H11F3O3/c1-3-5(13)7(6(14)4-2)8(15)9(10,11)12/h7H,3-4H2,1-2H3. The molecule has 0 unspecified atom stereocenters. The molecule has 6 heteroatoms. The second kappa shape index (κ2) is 5.04. The summed E-state index contributed by atoms with van der Waals surface area (Å²) in [6.07, 6.45) is -5.67. The molecular formula is C9H11F3O3. The smallest absolute Gasteiger partial charge is 0.298 e. The Kier molecular flexibility index (Phi) is 4.64. The van der Waals surface area contributed by atoms with E-state index >= 15 is 0 Å². The fourth-order valence-corrected chi connectivity index (χ4v) is 1.04. The number of carbonyl (C=O) groups excluding carboxylic acids is 3. The normalized spacial score (nSPS) is 11.6. The number of Topliss-reactive ketones (excluding diaryl/α,β-unsaturated/α-hetero) is 3. The summed E-state index contributed by atoms with van der Waals surface area (Å²) in [7, 11) is 0. The minimum absolute atomic E-state index is 0.266. The van der Waals surface area contributed by atoms with E-state index in [0.29, 0.717) is 0 Å². The van der Waals surface area contributed by atoms with Gasteiger partial charge in [-0.15, -0.1) is 0 Å². The zero-order valence-corrected chi connectivity index (χ0v) is 8.35. The van der Waals surface area contributed by atoms with Crippen LogP contribution in [0.3, 0.4) is 0 Å². The first kappa shape index (κ1) is 13.8. The first-order valence-corrected chi connectivity index (χ1v) is 4.42. The second-order valence-corrected chi connectivity index (χ2v) is 2.93. The lowest BCUT2D eigenvalue weighted by molar-refractivity contribution is -0.177. The molecule has 0 fully saturated rings. The predicted octanol–water partition coefficient (Wildman–Crippen LogP) is 1.69. The molecule has 0 aromatic rings. The maximum absolute atomic E-state index is 12.0. The van der Waals surface area contributed by atoms with Crippen LogP contribution in [-0.2, 0) is 14.4 Å². The van der Waals surface area contributed by atoms with Crippen LogP contribution < -0.4 is 0 Å². The number of hydrogen-bond acceptors (Lipinski definition) is 3. The molecule has 0 N–H and O–H groups in total. The highest BCUT2D eigenvalue weighted by atomic mass is 19.4. The summed E-state index contributed by atoms with van der Waals surface area (Å²) in [4.78, 5) is 32.9. The molecule has 0 aromatic carbocycles. The number of rotatable bonds is 5. The molecule has 3 nitrogen and oxygen atoms in total. The van der Waals surface area contributed by atoms with Gasteiger partial charge in [0.25, 0.3) is 5.78 Å². The van der Waals surface area contributed by atoms with Crippen molar-refractivity contribution in [1.82, 2.24) is 0 Å². The lowest BCUT2D eigenvalue weighted by atomic mass is 9.91. The first-order chi connectivity index (χ1) is 6.75. The Morgan fingerprint density at radius 2 is 1.33 bits per heavy atom. The molecule has 0 saturated heterocycles. The summed E-state index contributed by atoms with van der Waals surface area (Å²) in [5.41, 5.74) is 0. The Bertz CT molecular complexity index is 265. The van der Waals surface area contributed by atoms with Gasteiger partial charge in [-0.2, -0.15) is 13.2 Å². The summed E-state index contributed by atoms with van der Waals surface area (Å²) in [5.74, 6) is -6.39. The van der Waals surface area contributed by atoms with E-state index in [1.807, 2.05) is 0 Å². The van der Waals surface area contributed by atoms with Crippen LogP contribution >= 0.6 is 0 Å². The van der Waals surface area contributed by atoms with Crippen molar-refractivity contribution in [3.05, 3.63) is 0 Å². The van der Waals surface area contributed by atoms with Crippen LogP contribution in [0, 0.1) is 5.92 Å². The van der Waals surface area contributed by atoms with Gasteiger partial charge in [0.2, 0.25) is 0 Å². The summed E-state index contributed by atoms with van der Waals surface area (Å²) in [6, 6.07) is 0. The first-order valence-electron chi connectivity index (χ1n) is 4.42. The highest BCUT2D eigenvalue weighted by molar-refractivity contribution is 6.20. The van der Waals surface area contributed by atoms with E-state index in [1.54, 1.807) is 0 Å². The molecule has 0 amide bonds. The van der Waals surface area contributed by atoms with Gasteiger partial charge < -0.3 is 0 Å². The summed E-state index contributed by atoms with van der Waals surface area (Å²) < 4.78 is 36.1. The Morgan fingerprint density at radius 3 is 1.53 bits per heavy atom. The molecule has 0 heterocycles. The monoisotopic (exact) mass is 224 g/mol. The van der Waals surface area contributed by atoms with E-state index in [4.69, 9.17) is 0 Å².